The van der Waals surface area contributed by atoms with E-state index in [2.05, 4.69) is 15.0 Å². The summed E-state index contributed by atoms with van der Waals surface area (Å²) in [6, 6.07) is 0. The van der Waals surface area contributed by atoms with Gasteiger partial charge in [0.2, 0.25) is 0 Å². The van der Waals surface area contributed by atoms with Gasteiger partial charge in [0, 0.05) is 19.8 Å². The Hall–Kier alpha value is -1.88. The Morgan fingerprint density at radius 3 is 2.58 bits per heavy atom. The molecule has 0 spiro atoms. The molecule has 0 aliphatic carbocycles. The molecule has 3 heterocycles. The summed E-state index contributed by atoms with van der Waals surface area (Å²) in [6.45, 7) is 7.60. The maximum Gasteiger partial charge on any atom is 0.312 e. The summed E-state index contributed by atoms with van der Waals surface area (Å²) in [5.74, 6) is -0.0237. The van der Waals surface area contributed by atoms with Crippen LogP contribution in [-0.4, -0.2) is 64.3 Å². The zero-order chi connectivity index (χ0) is 18.7. The fourth-order valence-corrected chi connectivity index (χ4v) is 3.16. The molecule has 0 saturated carbocycles. The number of nitrogens with two attached hydrogens (primary N) is 1. The number of imidazole rings is 1. The molecule has 2 aromatic heterocycles. The van der Waals surface area contributed by atoms with Gasteiger partial charge in [0.1, 0.15) is 18.3 Å². The van der Waals surface area contributed by atoms with Gasteiger partial charge in [-0.05, 0) is 20.8 Å². The van der Waals surface area contributed by atoms with Crippen LogP contribution in [0.15, 0.2) is 6.33 Å². The van der Waals surface area contributed by atoms with Gasteiger partial charge in [-0.3, -0.25) is 4.57 Å². The van der Waals surface area contributed by atoms with E-state index in [1.54, 1.807) is 4.57 Å². The molecule has 4 atom stereocenters. The van der Waals surface area contributed by atoms with Crippen molar-refractivity contribution in [2.75, 3.05) is 32.2 Å². The third-order valence-electron chi connectivity index (χ3n) is 4.19. The van der Waals surface area contributed by atoms with Crippen molar-refractivity contribution in [2.24, 2.45) is 0 Å². The summed E-state index contributed by atoms with van der Waals surface area (Å²) in [7, 11) is 0. The first-order valence-corrected chi connectivity index (χ1v) is 8.72. The van der Waals surface area contributed by atoms with Gasteiger partial charge in [-0.15, -0.1) is 0 Å². The van der Waals surface area contributed by atoms with Crippen molar-refractivity contribution in [3.8, 4) is 0 Å². The lowest BCUT2D eigenvalue weighted by molar-refractivity contribution is -0.0732. The highest BCUT2D eigenvalue weighted by Crippen LogP contribution is 2.35. The van der Waals surface area contributed by atoms with Crippen LogP contribution < -0.4 is 5.73 Å². The highest BCUT2D eigenvalue weighted by atomic mass is 19.1. The number of anilines is 1. The van der Waals surface area contributed by atoms with Crippen molar-refractivity contribution in [3.63, 3.8) is 0 Å². The van der Waals surface area contributed by atoms with E-state index < -0.39 is 18.4 Å². The fraction of sp³-hybridized carbons (Fsp3) is 0.688. The summed E-state index contributed by atoms with van der Waals surface area (Å²) in [4.78, 5) is 11.5. The smallest absolute Gasteiger partial charge is 0.312 e. The van der Waals surface area contributed by atoms with E-state index in [1.807, 2.05) is 20.8 Å². The van der Waals surface area contributed by atoms with Crippen LogP contribution in [0.4, 0.5) is 10.2 Å². The van der Waals surface area contributed by atoms with Crippen LogP contribution in [0.5, 0.6) is 0 Å². The fourth-order valence-electron chi connectivity index (χ4n) is 3.16. The lowest BCUT2D eigenvalue weighted by Crippen LogP contribution is -2.38. The van der Waals surface area contributed by atoms with E-state index in [0.717, 1.165) is 0 Å². The number of nitrogens with zero attached hydrogens (tertiary/aromatic N) is 4. The SMILES string of the molecule is CCOC[C@@H]1O[C@H](n2cnc3c(N)nc(F)nc32)[C@H](OCC)[C@@H]1OCC. The molecule has 0 unspecified atom stereocenters. The van der Waals surface area contributed by atoms with Crippen LogP contribution in [0.2, 0.25) is 0 Å². The number of ether oxygens (including phenoxy) is 4. The predicted molar refractivity (Wildman–Crippen MR) is 90.9 cm³/mol. The van der Waals surface area contributed by atoms with E-state index in [9.17, 15) is 4.39 Å². The molecule has 1 saturated heterocycles. The van der Waals surface area contributed by atoms with Crippen molar-refractivity contribution in [3.05, 3.63) is 12.4 Å². The van der Waals surface area contributed by atoms with Crippen molar-refractivity contribution in [1.29, 1.82) is 0 Å². The zero-order valence-electron chi connectivity index (χ0n) is 15.1. The van der Waals surface area contributed by atoms with Gasteiger partial charge >= 0.3 is 6.08 Å². The molecule has 10 heteroatoms. The highest BCUT2D eigenvalue weighted by molar-refractivity contribution is 5.81. The summed E-state index contributed by atoms with van der Waals surface area (Å²) in [5, 5.41) is 0. The molecular formula is C16H24FN5O4. The zero-order valence-corrected chi connectivity index (χ0v) is 15.1. The van der Waals surface area contributed by atoms with Gasteiger partial charge in [-0.25, -0.2) is 4.98 Å². The molecule has 1 aliphatic rings. The summed E-state index contributed by atoms with van der Waals surface area (Å²) in [5.41, 5.74) is 6.31. The molecule has 144 valence electrons. The van der Waals surface area contributed by atoms with Crippen molar-refractivity contribution in [2.45, 2.75) is 45.3 Å². The maximum atomic E-state index is 13.7. The Balaban J connectivity index is 1.99. The molecule has 0 radical (unpaired) electrons. The molecule has 2 aromatic rings. The topological polar surface area (TPSA) is 107 Å². The van der Waals surface area contributed by atoms with Gasteiger partial charge in [0.05, 0.1) is 12.9 Å². The minimum absolute atomic E-state index is 0.0237. The van der Waals surface area contributed by atoms with Gasteiger partial charge in [-0.2, -0.15) is 14.4 Å². The van der Waals surface area contributed by atoms with Gasteiger partial charge in [0.25, 0.3) is 0 Å². The van der Waals surface area contributed by atoms with E-state index >= 15 is 0 Å². The van der Waals surface area contributed by atoms with Crippen LogP contribution in [0.1, 0.15) is 27.0 Å². The molecular weight excluding hydrogens is 345 g/mol. The van der Waals surface area contributed by atoms with Crippen molar-refractivity contribution < 1.29 is 23.3 Å². The van der Waals surface area contributed by atoms with E-state index in [0.29, 0.717) is 31.9 Å². The number of hydrogen-bond donors (Lipinski definition) is 1. The van der Waals surface area contributed by atoms with Crippen LogP contribution in [0.3, 0.4) is 0 Å². The standard InChI is InChI=1S/C16H24FN5O4/c1-4-23-7-9-11(24-5-2)12(25-6-3)15(26-9)22-8-19-10-13(18)20-16(17)21-14(10)22/h8-9,11-12,15H,4-7H2,1-3H3,(H2,18,20,21)/t9-,11+,12+,15-/m0/s1. The summed E-state index contributed by atoms with van der Waals surface area (Å²) < 4.78 is 38.7. The summed E-state index contributed by atoms with van der Waals surface area (Å²) in [6.07, 6.45) is -1.12. The van der Waals surface area contributed by atoms with Crippen LogP contribution in [0.25, 0.3) is 11.2 Å². The average Bonchev–Trinajstić information content (AvgIpc) is 3.16. The molecule has 0 aromatic carbocycles. The Labute approximate surface area is 150 Å². The molecule has 9 nitrogen and oxygen atoms in total. The molecule has 1 fully saturated rings. The van der Waals surface area contributed by atoms with Crippen LogP contribution >= 0.6 is 0 Å². The monoisotopic (exact) mass is 369 g/mol. The number of nitrogen functional groups attached to an aromatic ring is 1. The second-order valence-electron chi connectivity index (χ2n) is 5.77. The average molecular weight is 369 g/mol. The van der Waals surface area contributed by atoms with Gasteiger partial charge < -0.3 is 24.7 Å². The second kappa shape index (κ2) is 8.21. The Morgan fingerprint density at radius 2 is 1.88 bits per heavy atom. The largest absolute Gasteiger partial charge is 0.382 e. The van der Waals surface area contributed by atoms with E-state index in [-0.39, 0.29) is 23.7 Å². The first-order valence-electron chi connectivity index (χ1n) is 8.72. The normalized spacial score (nSPS) is 26.0. The maximum absolute atomic E-state index is 13.7. The number of rotatable bonds is 8. The molecule has 2 N–H and O–H groups in total. The second-order valence-corrected chi connectivity index (χ2v) is 5.77. The Morgan fingerprint density at radius 1 is 1.15 bits per heavy atom. The molecule has 0 bridgehead atoms. The number of halogens is 1. The minimum atomic E-state index is -0.921. The Kier molecular flexibility index (Phi) is 5.97. The van der Waals surface area contributed by atoms with Gasteiger partial charge in [0.15, 0.2) is 23.2 Å². The predicted octanol–water partition coefficient (Wildman–Crippen LogP) is 1.29. The van der Waals surface area contributed by atoms with E-state index in [1.165, 1.54) is 6.33 Å². The lowest BCUT2D eigenvalue weighted by Gasteiger charge is -2.24. The van der Waals surface area contributed by atoms with Crippen molar-refractivity contribution >= 4 is 17.0 Å². The molecule has 3 rings (SSSR count). The third kappa shape index (κ3) is 3.50. The number of hydrogen-bond acceptors (Lipinski definition) is 8. The number of fused-ring (bicyclic) bond motifs is 1. The van der Waals surface area contributed by atoms with Crippen LogP contribution in [0, 0.1) is 6.08 Å². The van der Waals surface area contributed by atoms with Gasteiger partial charge in [-0.1, -0.05) is 0 Å². The number of aromatic nitrogens is 4. The molecule has 26 heavy (non-hydrogen) atoms. The highest BCUT2D eigenvalue weighted by Gasteiger charge is 2.47. The minimum Gasteiger partial charge on any atom is -0.382 e. The first-order chi connectivity index (χ1) is 12.6. The van der Waals surface area contributed by atoms with E-state index in [4.69, 9.17) is 24.7 Å². The van der Waals surface area contributed by atoms with Crippen molar-refractivity contribution in [1.82, 2.24) is 19.5 Å². The van der Waals surface area contributed by atoms with Crippen LogP contribution in [-0.2, 0) is 18.9 Å². The summed E-state index contributed by atoms with van der Waals surface area (Å²) >= 11 is 0. The molecule has 0 amide bonds. The Bertz CT molecular complexity index is 743. The quantitative estimate of drug-likeness (QED) is 0.694. The molecule has 1 aliphatic heterocycles. The third-order valence-corrected chi connectivity index (χ3v) is 4.19. The lowest BCUT2D eigenvalue weighted by atomic mass is 10.1. The first kappa shape index (κ1) is 18.9.